The van der Waals surface area contributed by atoms with Crippen molar-refractivity contribution in [3.8, 4) is 0 Å². The van der Waals surface area contributed by atoms with E-state index in [9.17, 15) is 18.0 Å². The lowest BCUT2D eigenvalue weighted by atomic mass is 10.3. The summed E-state index contributed by atoms with van der Waals surface area (Å²) in [6.07, 6.45) is -2.65. The average Bonchev–Trinajstić information content (AvgIpc) is 2.72. The fraction of sp³-hybridized carbons (Fsp3) is 0.929. The predicted octanol–water partition coefficient (Wildman–Crippen LogP) is 0.644. The lowest BCUT2D eigenvalue weighted by molar-refractivity contribution is -0.143. The highest BCUT2D eigenvalue weighted by atomic mass is 19.4. The van der Waals surface area contributed by atoms with Crippen LogP contribution in [-0.2, 0) is 4.74 Å². The number of hydrogen-bond donors (Lipinski definition) is 2. The first kappa shape index (κ1) is 18.3. The Morgan fingerprint density at radius 3 is 2.78 bits per heavy atom. The normalized spacial score (nSPS) is 24.4. The van der Waals surface area contributed by atoms with Crippen molar-refractivity contribution in [3.63, 3.8) is 0 Å². The summed E-state index contributed by atoms with van der Waals surface area (Å²) in [5.41, 5.74) is 0. The maximum absolute atomic E-state index is 12.3. The standard InChI is InChI=1S/C14H25F3N4O2/c15-14(16,17)11-21-5-2-12(10-21)19-13(22)18-3-6-20-4-1-8-23-9-7-20/h12H,1-11H2,(H2,18,19,22). The van der Waals surface area contributed by atoms with E-state index in [1.807, 2.05) is 0 Å². The number of nitrogens with one attached hydrogen (secondary N) is 2. The molecule has 2 fully saturated rings. The molecule has 2 rings (SSSR count). The lowest BCUT2D eigenvalue weighted by Gasteiger charge is -2.20. The van der Waals surface area contributed by atoms with Crippen molar-refractivity contribution in [1.82, 2.24) is 20.4 Å². The minimum absolute atomic E-state index is 0.219. The SMILES string of the molecule is O=C(NCCN1CCCOCC1)NC1CCN(CC(F)(F)F)C1. The van der Waals surface area contributed by atoms with Crippen molar-refractivity contribution in [2.75, 3.05) is 59.0 Å². The number of likely N-dealkylation sites (tertiary alicyclic amines) is 1. The Labute approximate surface area is 134 Å². The average molecular weight is 338 g/mol. The molecular weight excluding hydrogens is 313 g/mol. The van der Waals surface area contributed by atoms with Crippen LogP contribution in [0.15, 0.2) is 0 Å². The summed E-state index contributed by atoms with van der Waals surface area (Å²) in [4.78, 5) is 15.3. The summed E-state index contributed by atoms with van der Waals surface area (Å²) >= 11 is 0. The molecule has 23 heavy (non-hydrogen) atoms. The topological polar surface area (TPSA) is 56.8 Å². The van der Waals surface area contributed by atoms with Crippen LogP contribution in [0.3, 0.4) is 0 Å². The first-order valence-electron chi connectivity index (χ1n) is 8.06. The van der Waals surface area contributed by atoms with Crippen molar-refractivity contribution in [1.29, 1.82) is 0 Å². The monoisotopic (exact) mass is 338 g/mol. The molecule has 0 aromatic heterocycles. The van der Waals surface area contributed by atoms with Gasteiger partial charge in [-0.05, 0) is 12.8 Å². The summed E-state index contributed by atoms with van der Waals surface area (Å²) in [5.74, 6) is 0. The van der Waals surface area contributed by atoms with Gasteiger partial charge in [0.2, 0.25) is 0 Å². The van der Waals surface area contributed by atoms with Crippen molar-refractivity contribution in [3.05, 3.63) is 0 Å². The number of halogens is 3. The molecular formula is C14H25F3N4O2. The first-order chi connectivity index (χ1) is 10.9. The van der Waals surface area contributed by atoms with Crippen molar-refractivity contribution < 1.29 is 22.7 Å². The van der Waals surface area contributed by atoms with E-state index in [-0.39, 0.29) is 18.6 Å². The highest BCUT2D eigenvalue weighted by Crippen LogP contribution is 2.19. The summed E-state index contributed by atoms with van der Waals surface area (Å²) in [5, 5.41) is 5.51. The minimum Gasteiger partial charge on any atom is -0.380 e. The van der Waals surface area contributed by atoms with Crippen LogP contribution >= 0.6 is 0 Å². The van der Waals surface area contributed by atoms with E-state index in [2.05, 4.69) is 15.5 Å². The second-order valence-corrected chi connectivity index (χ2v) is 6.04. The summed E-state index contributed by atoms with van der Waals surface area (Å²) < 4.78 is 42.3. The van der Waals surface area contributed by atoms with Gasteiger partial charge in [0.25, 0.3) is 0 Å². The molecule has 0 aromatic rings. The van der Waals surface area contributed by atoms with Gasteiger partial charge >= 0.3 is 12.2 Å². The van der Waals surface area contributed by atoms with Crippen LogP contribution in [0.2, 0.25) is 0 Å². The molecule has 2 heterocycles. The van der Waals surface area contributed by atoms with Crippen LogP contribution in [0.25, 0.3) is 0 Å². The number of rotatable bonds is 5. The van der Waals surface area contributed by atoms with Gasteiger partial charge in [0.15, 0.2) is 0 Å². The molecule has 2 aliphatic rings. The van der Waals surface area contributed by atoms with Crippen LogP contribution in [0, 0.1) is 0 Å². The third kappa shape index (κ3) is 7.36. The van der Waals surface area contributed by atoms with E-state index < -0.39 is 12.7 Å². The largest absolute Gasteiger partial charge is 0.401 e. The van der Waals surface area contributed by atoms with E-state index in [1.54, 1.807) is 0 Å². The van der Waals surface area contributed by atoms with E-state index >= 15 is 0 Å². The summed E-state index contributed by atoms with van der Waals surface area (Å²) in [7, 11) is 0. The molecule has 0 aromatic carbocycles. The maximum atomic E-state index is 12.3. The van der Waals surface area contributed by atoms with Gasteiger partial charge in [-0.2, -0.15) is 13.2 Å². The number of ether oxygens (including phenoxy) is 1. The number of amides is 2. The van der Waals surface area contributed by atoms with Crippen molar-refractivity contribution >= 4 is 6.03 Å². The molecule has 1 atom stereocenters. The van der Waals surface area contributed by atoms with E-state index in [0.29, 0.717) is 26.1 Å². The van der Waals surface area contributed by atoms with Crippen LogP contribution in [0.1, 0.15) is 12.8 Å². The van der Waals surface area contributed by atoms with Gasteiger partial charge in [-0.25, -0.2) is 4.79 Å². The first-order valence-corrected chi connectivity index (χ1v) is 8.06. The number of nitrogens with zero attached hydrogens (tertiary/aromatic N) is 2. The van der Waals surface area contributed by atoms with Crippen LogP contribution < -0.4 is 10.6 Å². The molecule has 9 heteroatoms. The number of alkyl halides is 3. The Hall–Kier alpha value is -1.06. The Morgan fingerprint density at radius 1 is 1.17 bits per heavy atom. The third-order valence-corrected chi connectivity index (χ3v) is 4.04. The highest BCUT2D eigenvalue weighted by molar-refractivity contribution is 5.74. The van der Waals surface area contributed by atoms with Gasteiger partial charge in [-0.15, -0.1) is 0 Å². The van der Waals surface area contributed by atoms with E-state index in [1.165, 1.54) is 4.90 Å². The van der Waals surface area contributed by atoms with E-state index in [4.69, 9.17) is 4.74 Å². The van der Waals surface area contributed by atoms with Gasteiger partial charge in [-0.1, -0.05) is 0 Å². The lowest BCUT2D eigenvalue weighted by Crippen LogP contribution is -2.46. The third-order valence-electron chi connectivity index (χ3n) is 4.04. The molecule has 2 aliphatic heterocycles. The number of hydrogen-bond acceptors (Lipinski definition) is 4. The Balaban J connectivity index is 1.58. The zero-order valence-electron chi connectivity index (χ0n) is 13.2. The molecule has 0 radical (unpaired) electrons. The molecule has 6 nitrogen and oxygen atoms in total. The van der Waals surface area contributed by atoms with Crippen LogP contribution in [0.4, 0.5) is 18.0 Å². The number of carbonyl (C=O) groups excluding carboxylic acids is 1. The zero-order chi connectivity index (χ0) is 16.7. The van der Waals surface area contributed by atoms with Gasteiger partial charge in [0.1, 0.15) is 0 Å². The summed E-state index contributed by atoms with van der Waals surface area (Å²) in [6, 6.07) is -0.529. The molecule has 2 amide bonds. The van der Waals surface area contributed by atoms with Gasteiger partial charge in [0, 0.05) is 51.9 Å². The number of carbonyl (C=O) groups is 1. The number of urea groups is 1. The fourth-order valence-corrected chi connectivity index (χ4v) is 2.93. The minimum atomic E-state index is -4.19. The highest BCUT2D eigenvalue weighted by Gasteiger charge is 2.34. The van der Waals surface area contributed by atoms with Crippen molar-refractivity contribution in [2.24, 2.45) is 0 Å². The molecule has 0 aliphatic carbocycles. The molecule has 0 saturated carbocycles. The van der Waals surface area contributed by atoms with Gasteiger partial charge < -0.3 is 15.4 Å². The molecule has 134 valence electrons. The Kier molecular flexibility index (Phi) is 6.91. The van der Waals surface area contributed by atoms with E-state index in [0.717, 1.165) is 32.7 Å². The second kappa shape index (κ2) is 8.70. The van der Waals surface area contributed by atoms with Crippen LogP contribution in [-0.4, -0.2) is 87.1 Å². The quantitative estimate of drug-likeness (QED) is 0.773. The molecule has 2 saturated heterocycles. The zero-order valence-corrected chi connectivity index (χ0v) is 13.2. The fourth-order valence-electron chi connectivity index (χ4n) is 2.93. The smallest absolute Gasteiger partial charge is 0.380 e. The molecule has 0 bridgehead atoms. The molecule has 2 N–H and O–H groups in total. The maximum Gasteiger partial charge on any atom is 0.401 e. The Morgan fingerprint density at radius 2 is 2.00 bits per heavy atom. The van der Waals surface area contributed by atoms with Gasteiger partial charge in [-0.3, -0.25) is 9.80 Å². The predicted molar refractivity (Wildman–Crippen MR) is 79.3 cm³/mol. The molecule has 1 unspecified atom stereocenters. The second-order valence-electron chi connectivity index (χ2n) is 6.04. The van der Waals surface area contributed by atoms with Gasteiger partial charge in [0.05, 0.1) is 13.2 Å². The molecule has 0 spiro atoms. The Bertz CT molecular complexity index is 374. The van der Waals surface area contributed by atoms with Crippen LogP contribution in [0.5, 0.6) is 0 Å². The van der Waals surface area contributed by atoms with Crippen molar-refractivity contribution in [2.45, 2.75) is 25.1 Å². The summed E-state index contributed by atoms with van der Waals surface area (Å²) in [6.45, 7) is 4.27.